The van der Waals surface area contributed by atoms with Crippen molar-refractivity contribution in [3.63, 3.8) is 0 Å². The Bertz CT molecular complexity index is 393. The van der Waals surface area contributed by atoms with Gasteiger partial charge in [0.15, 0.2) is 0 Å². The highest BCUT2D eigenvalue weighted by Crippen LogP contribution is 2.24. The maximum atomic E-state index is 11.6. The molecule has 0 saturated heterocycles. The number of amides is 1. The van der Waals surface area contributed by atoms with Gasteiger partial charge in [-0.3, -0.25) is 4.79 Å². The van der Waals surface area contributed by atoms with Crippen molar-refractivity contribution in [2.75, 3.05) is 7.05 Å². The van der Waals surface area contributed by atoms with Crippen molar-refractivity contribution in [1.82, 2.24) is 5.32 Å². The van der Waals surface area contributed by atoms with Crippen LogP contribution in [0.2, 0.25) is 0 Å². The summed E-state index contributed by atoms with van der Waals surface area (Å²) in [4.78, 5) is 12.6. The minimum atomic E-state index is -0.407. The number of rotatable bonds is 4. The molecule has 2 N–H and O–H groups in total. The molecule has 0 fully saturated rings. The molecule has 17 heavy (non-hydrogen) atoms. The van der Waals surface area contributed by atoms with Crippen molar-refractivity contribution in [3.05, 3.63) is 30.3 Å². The fraction of sp³-hybridized carbons (Fsp3) is 0.333. The van der Waals surface area contributed by atoms with Crippen LogP contribution >= 0.6 is 11.8 Å². The van der Waals surface area contributed by atoms with Crippen LogP contribution in [0.4, 0.5) is 0 Å². The first-order chi connectivity index (χ1) is 8.22. The molecular formula is C12H16N2O2S. The number of oxime groups is 1. The van der Waals surface area contributed by atoms with Gasteiger partial charge >= 0.3 is 0 Å². The molecule has 0 aromatic heterocycles. The van der Waals surface area contributed by atoms with Crippen LogP contribution in [-0.4, -0.2) is 23.2 Å². The normalized spacial score (nSPS) is 13.2. The standard InChI is InChI=1S/C12H16N2O2S/c1-3-10(11(15)13-2)12(14-16)17-9-7-5-4-6-8-9/h4-8,10,16H,3H2,1-2H3,(H,13,15). The quantitative estimate of drug-likeness (QED) is 0.284. The number of carbonyl (C=O) groups excluding carboxylic acids is 1. The van der Waals surface area contributed by atoms with Gasteiger partial charge in [-0.15, -0.1) is 0 Å². The van der Waals surface area contributed by atoms with Gasteiger partial charge in [-0.1, -0.05) is 42.0 Å². The summed E-state index contributed by atoms with van der Waals surface area (Å²) in [6, 6.07) is 9.53. The Morgan fingerprint density at radius 1 is 1.47 bits per heavy atom. The summed E-state index contributed by atoms with van der Waals surface area (Å²) in [5.74, 6) is -0.543. The lowest BCUT2D eigenvalue weighted by Gasteiger charge is -2.14. The second kappa shape index (κ2) is 6.96. The maximum Gasteiger partial charge on any atom is 0.229 e. The van der Waals surface area contributed by atoms with E-state index in [1.54, 1.807) is 7.05 Å². The second-order valence-electron chi connectivity index (χ2n) is 3.43. The van der Waals surface area contributed by atoms with E-state index >= 15 is 0 Å². The minimum absolute atomic E-state index is 0.135. The number of nitrogens with one attached hydrogen (secondary N) is 1. The highest BCUT2D eigenvalue weighted by atomic mass is 32.2. The highest BCUT2D eigenvalue weighted by Gasteiger charge is 2.23. The lowest BCUT2D eigenvalue weighted by molar-refractivity contribution is -0.122. The second-order valence-corrected chi connectivity index (χ2v) is 4.52. The van der Waals surface area contributed by atoms with Gasteiger partial charge in [-0.05, 0) is 18.6 Å². The van der Waals surface area contributed by atoms with E-state index in [0.717, 1.165) is 4.90 Å². The number of nitrogens with zero attached hydrogens (tertiary/aromatic N) is 1. The molecule has 0 aliphatic rings. The Labute approximate surface area is 105 Å². The van der Waals surface area contributed by atoms with Crippen molar-refractivity contribution in [3.8, 4) is 0 Å². The largest absolute Gasteiger partial charge is 0.410 e. The molecule has 92 valence electrons. The number of hydrogen-bond acceptors (Lipinski definition) is 4. The molecule has 0 bridgehead atoms. The first kappa shape index (κ1) is 13.6. The van der Waals surface area contributed by atoms with E-state index in [4.69, 9.17) is 5.21 Å². The van der Waals surface area contributed by atoms with E-state index < -0.39 is 5.92 Å². The van der Waals surface area contributed by atoms with Gasteiger partial charge in [-0.25, -0.2) is 0 Å². The average molecular weight is 252 g/mol. The number of thioether (sulfide) groups is 1. The van der Waals surface area contributed by atoms with Gasteiger partial charge in [0.1, 0.15) is 5.04 Å². The molecule has 4 nitrogen and oxygen atoms in total. The van der Waals surface area contributed by atoms with Crippen LogP contribution in [0.25, 0.3) is 0 Å². The maximum absolute atomic E-state index is 11.6. The SMILES string of the molecule is CCC(C(=O)NC)C(=NO)Sc1ccccc1. The van der Waals surface area contributed by atoms with Gasteiger partial charge in [-0.2, -0.15) is 0 Å². The Morgan fingerprint density at radius 2 is 2.12 bits per heavy atom. The minimum Gasteiger partial charge on any atom is -0.410 e. The topological polar surface area (TPSA) is 61.7 Å². The van der Waals surface area contributed by atoms with Gasteiger partial charge < -0.3 is 10.5 Å². The van der Waals surface area contributed by atoms with Crippen molar-refractivity contribution in [2.45, 2.75) is 18.2 Å². The van der Waals surface area contributed by atoms with Crippen LogP contribution in [0.3, 0.4) is 0 Å². The summed E-state index contributed by atoms with van der Waals surface area (Å²) in [7, 11) is 1.58. The van der Waals surface area contributed by atoms with Crippen LogP contribution in [0.15, 0.2) is 40.4 Å². The number of hydrogen-bond donors (Lipinski definition) is 2. The molecule has 1 amide bonds. The Hall–Kier alpha value is -1.49. The first-order valence-electron chi connectivity index (χ1n) is 5.39. The number of benzene rings is 1. The van der Waals surface area contributed by atoms with E-state index in [1.807, 2.05) is 37.3 Å². The fourth-order valence-corrected chi connectivity index (χ4v) is 2.41. The van der Waals surface area contributed by atoms with Gasteiger partial charge in [0.25, 0.3) is 0 Å². The Kier molecular flexibility index (Phi) is 5.56. The fourth-order valence-electron chi connectivity index (χ4n) is 1.42. The zero-order chi connectivity index (χ0) is 12.7. The smallest absolute Gasteiger partial charge is 0.229 e. The van der Waals surface area contributed by atoms with E-state index in [0.29, 0.717) is 11.5 Å². The van der Waals surface area contributed by atoms with E-state index in [2.05, 4.69) is 10.5 Å². The summed E-state index contributed by atoms with van der Waals surface area (Å²) >= 11 is 1.30. The molecular weight excluding hydrogens is 236 g/mol. The summed E-state index contributed by atoms with van der Waals surface area (Å²) in [5, 5.41) is 15.2. The van der Waals surface area contributed by atoms with Gasteiger partial charge in [0, 0.05) is 11.9 Å². The van der Waals surface area contributed by atoms with Crippen LogP contribution in [0.5, 0.6) is 0 Å². The van der Waals surface area contributed by atoms with Gasteiger partial charge in [0.05, 0.1) is 5.92 Å². The molecule has 1 unspecified atom stereocenters. The lowest BCUT2D eigenvalue weighted by Crippen LogP contribution is -2.31. The van der Waals surface area contributed by atoms with Crippen molar-refractivity contribution >= 4 is 22.7 Å². The third kappa shape index (κ3) is 3.78. The summed E-state index contributed by atoms with van der Waals surface area (Å²) in [6.45, 7) is 1.89. The predicted molar refractivity (Wildman–Crippen MR) is 69.4 cm³/mol. The Morgan fingerprint density at radius 3 is 2.59 bits per heavy atom. The van der Waals surface area contributed by atoms with E-state index in [9.17, 15) is 4.79 Å². The summed E-state index contributed by atoms with van der Waals surface area (Å²) in [6.07, 6.45) is 0.596. The molecule has 0 heterocycles. The Balaban J connectivity index is 2.82. The molecule has 0 saturated carbocycles. The molecule has 1 atom stereocenters. The van der Waals surface area contributed by atoms with E-state index in [1.165, 1.54) is 11.8 Å². The van der Waals surface area contributed by atoms with Crippen LogP contribution in [0.1, 0.15) is 13.3 Å². The molecule has 1 aromatic carbocycles. The molecule has 0 spiro atoms. The zero-order valence-electron chi connectivity index (χ0n) is 9.88. The van der Waals surface area contributed by atoms with Gasteiger partial charge in [0.2, 0.25) is 5.91 Å². The highest BCUT2D eigenvalue weighted by molar-refractivity contribution is 8.14. The van der Waals surface area contributed by atoms with Crippen molar-refractivity contribution in [1.29, 1.82) is 0 Å². The predicted octanol–water partition coefficient (Wildman–Crippen LogP) is 2.34. The molecule has 0 aliphatic carbocycles. The molecule has 5 heteroatoms. The molecule has 0 radical (unpaired) electrons. The first-order valence-corrected chi connectivity index (χ1v) is 6.21. The zero-order valence-corrected chi connectivity index (χ0v) is 10.7. The average Bonchev–Trinajstić information content (AvgIpc) is 2.39. The van der Waals surface area contributed by atoms with E-state index in [-0.39, 0.29) is 5.91 Å². The third-order valence-electron chi connectivity index (χ3n) is 2.33. The number of carbonyl (C=O) groups is 1. The summed E-state index contributed by atoms with van der Waals surface area (Å²) in [5.41, 5.74) is 0. The summed E-state index contributed by atoms with van der Waals surface area (Å²) < 4.78 is 0. The van der Waals surface area contributed by atoms with Crippen LogP contribution in [0, 0.1) is 5.92 Å². The molecule has 0 aliphatic heterocycles. The van der Waals surface area contributed by atoms with Crippen LogP contribution in [-0.2, 0) is 4.79 Å². The van der Waals surface area contributed by atoms with Crippen molar-refractivity contribution < 1.29 is 10.0 Å². The molecule has 1 rings (SSSR count). The third-order valence-corrected chi connectivity index (χ3v) is 3.42. The lowest BCUT2D eigenvalue weighted by atomic mass is 10.1. The molecule has 1 aromatic rings. The monoisotopic (exact) mass is 252 g/mol. The van der Waals surface area contributed by atoms with Crippen molar-refractivity contribution in [2.24, 2.45) is 11.1 Å². The van der Waals surface area contributed by atoms with Crippen LogP contribution < -0.4 is 5.32 Å².